The highest BCUT2D eigenvalue weighted by Crippen LogP contribution is 2.11. The summed E-state index contributed by atoms with van der Waals surface area (Å²) < 4.78 is 0. The lowest BCUT2D eigenvalue weighted by molar-refractivity contribution is -0.122. The number of hydrogen-bond donors (Lipinski definition) is 2. The van der Waals surface area contributed by atoms with E-state index in [4.69, 9.17) is 0 Å². The molecule has 1 aromatic carbocycles. The van der Waals surface area contributed by atoms with E-state index < -0.39 is 0 Å². The molecule has 1 amide bonds. The molecule has 1 atom stereocenters. The lowest BCUT2D eigenvalue weighted by atomic mass is 10.1. The predicted molar refractivity (Wildman–Crippen MR) is 77.3 cm³/mol. The summed E-state index contributed by atoms with van der Waals surface area (Å²) in [5.74, 6) is 0.448. The summed E-state index contributed by atoms with van der Waals surface area (Å²) in [5, 5.41) is 18.4. The first kappa shape index (κ1) is 13.7. The first-order chi connectivity index (χ1) is 10.3. The van der Waals surface area contributed by atoms with E-state index in [9.17, 15) is 4.79 Å². The second-order valence-corrected chi connectivity index (χ2v) is 5.12. The number of nitrogens with one attached hydrogen (secondary N) is 2. The van der Waals surface area contributed by atoms with Gasteiger partial charge in [-0.15, -0.1) is 10.2 Å². The van der Waals surface area contributed by atoms with Gasteiger partial charge in [0.2, 0.25) is 11.7 Å². The van der Waals surface area contributed by atoms with Crippen molar-refractivity contribution in [3.05, 3.63) is 30.3 Å². The molecular formula is C14H18N6O. The number of carbonyl (C=O) groups excluding carboxylic acids is 1. The van der Waals surface area contributed by atoms with Crippen LogP contribution < -0.4 is 10.6 Å². The van der Waals surface area contributed by atoms with Crippen LogP contribution in [0.1, 0.15) is 12.8 Å². The number of nitrogens with zero attached hydrogens (tertiary/aromatic N) is 4. The smallest absolute Gasteiger partial charge is 0.243 e. The lowest BCUT2D eigenvalue weighted by Crippen LogP contribution is -2.46. The zero-order chi connectivity index (χ0) is 14.5. The standard InChI is InChI=1S/C14H18N6O/c21-13(16-12-7-4-8-15-9-12)10-20-18-14(17-19-20)11-5-2-1-3-6-11/h1-3,5-6,12,15H,4,7-10H2,(H,16,21). The van der Waals surface area contributed by atoms with Crippen LogP contribution >= 0.6 is 0 Å². The molecule has 0 spiro atoms. The number of amides is 1. The van der Waals surface area contributed by atoms with Crippen molar-refractivity contribution in [1.82, 2.24) is 30.8 Å². The third kappa shape index (κ3) is 3.63. The van der Waals surface area contributed by atoms with Gasteiger partial charge >= 0.3 is 0 Å². The summed E-state index contributed by atoms with van der Waals surface area (Å²) >= 11 is 0. The molecule has 7 nitrogen and oxygen atoms in total. The van der Waals surface area contributed by atoms with Gasteiger partial charge in [0, 0.05) is 18.2 Å². The minimum Gasteiger partial charge on any atom is -0.350 e. The third-order valence-electron chi connectivity index (χ3n) is 3.43. The average Bonchev–Trinajstić information content (AvgIpc) is 2.97. The minimum atomic E-state index is -0.0827. The number of carbonyl (C=O) groups is 1. The summed E-state index contributed by atoms with van der Waals surface area (Å²) in [4.78, 5) is 13.3. The molecule has 2 aromatic rings. The van der Waals surface area contributed by atoms with E-state index in [1.165, 1.54) is 4.80 Å². The van der Waals surface area contributed by atoms with Gasteiger partial charge in [-0.05, 0) is 24.6 Å². The Labute approximate surface area is 122 Å². The van der Waals surface area contributed by atoms with E-state index in [-0.39, 0.29) is 18.5 Å². The fourth-order valence-corrected chi connectivity index (χ4v) is 2.39. The fourth-order valence-electron chi connectivity index (χ4n) is 2.39. The van der Waals surface area contributed by atoms with Crippen LogP contribution in [0.2, 0.25) is 0 Å². The molecule has 1 aliphatic rings. The molecule has 1 saturated heterocycles. The molecule has 2 heterocycles. The molecule has 21 heavy (non-hydrogen) atoms. The van der Waals surface area contributed by atoms with Crippen molar-refractivity contribution in [2.24, 2.45) is 0 Å². The van der Waals surface area contributed by atoms with Crippen molar-refractivity contribution < 1.29 is 4.79 Å². The first-order valence-corrected chi connectivity index (χ1v) is 7.14. The summed E-state index contributed by atoms with van der Waals surface area (Å²) in [6, 6.07) is 9.78. The van der Waals surface area contributed by atoms with Gasteiger partial charge in [-0.2, -0.15) is 4.80 Å². The summed E-state index contributed by atoms with van der Waals surface area (Å²) in [6.45, 7) is 1.94. The van der Waals surface area contributed by atoms with Crippen molar-refractivity contribution in [3.63, 3.8) is 0 Å². The van der Waals surface area contributed by atoms with Crippen molar-refractivity contribution in [2.45, 2.75) is 25.4 Å². The average molecular weight is 286 g/mol. The largest absolute Gasteiger partial charge is 0.350 e. The summed E-state index contributed by atoms with van der Waals surface area (Å²) in [5.41, 5.74) is 0.889. The molecule has 7 heteroatoms. The van der Waals surface area contributed by atoms with Crippen LogP contribution in [0.4, 0.5) is 0 Å². The highest BCUT2D eigenvalue weighted by atomic mass is 16.2. The molecule has 0 radical (unpaired) electrons. The second kappa shape index (κ2) is 6.45. The Morgan fingerprint density at radius 3 is 3.00 bits per heavy atom. The Bertz CT molecular complexity index is 591. The van der Waals surface area contributed by atoms with Crippen LogP contribution in [0.25, 0.3) is 11.4 Å². The minimum absolute atomic E-state index is 0.0827. The Morgan fingerprint density at radius 1 is 1.38 bits per heavy atom. The highest BCUT2D eigenvalue weighted by Gasteiger charge is 2.16. The maximum Gasteiger partial charge on any atom is 0.243 e. The Morgan fingerprint density at radius 2 is 2.24 bits per heavy atom. The van der Waals surface area contributed by atoms with Gasteiger partial charge in [0.25, 0.3) is 0 Å². The molecule has 0 saturated carbocycles. The van der Waals surface area contributed by atoms with Gasteiger partial charge in [-0.25, -0.2) is 0 Å². The van der Waals surface area contributed by atoms with Crippen molar-refractivity contribution in [2.75, 3.05) is 13.1 Å². The maximum atomic E-state index is 12.0. The molecule has 1 aromatic heterocycles. The van der Waals surface area contributed by atoms with E-state index in [1.54, 1.807) is 0 Å². The van der Waals surface area contributed by atoms with Crippen molar-refractivity contribution >= 4 is 5.91 Å². The monoisotopic (exact) mass is 286 g/mol. The van der Waals surface area contributed by atoms with Crippen LogP contribution in [0, 0.1) is 0 Å². The van der Waals surface area contributed by atoms with Crippen LogP contribution in [-0.2, 0) is 11.3 Å². The SMILES string of the molecule is O=C(Cn1nnc(-c2ccccc2)n1)NC1CCCNC1. The summed E-state index contributed by atoms with van der Waals surface area (Å²) in [6.07, 6.45) is 2.10. The van der Waals surface area contributed by atoms with E-state index in [2.05, 4.69) is 26.0 Å². The predicted octanol–water partition coefficient (Wildman–Crippen LogP) is 0.208. The molecule has 110 valence electrons. The van der Waals surface area contributed by atoms with Gasteiger partial charge in [0.15, 0.2) is 0 Å². The van der Waals surface area contributed by atoms with Gasteiger partial charge in [0.05, 0.1) is 0 Å². The van der Waals surface area contributed by atoms with Gasteiger partial charge in [-0.1, -0.05) is 30.3 Å². The number of piperidine rings is 1. The van der Waals surface area contributed by atoms with Crippen LogP contribution in [0.3, 0.4) is 0 Å². The zero-order valence-corrected chi connectivity index (χ0v) is 11.7. The lowest BCUT2D eigenvalue weighted by Gasteiger charge is -2.23. The van der Waals surface area contributed by atoms with E-state index in [1.807, 2.05) is 30.3 Å². The number of hydrogen-bond acceptors (Lipinski definition) is 5. The molecule has 0 bridgehead atoms. The number of aromatic nitrogens is 4. The molecule has 1 aliphatic heterocycles. The fraction of sp³-hybridized carbons (Fsp3) is 0.429. The molecule has 2 N–H and O–H groups in total. The van der Waals surface area contributed by atoms with Gasteiger partial charge in [-0.3, -0.25) is 4.79 Å². The number of tetrazole rings is 1. The second-order valence-electron chi connectivity index (χ2n) is 5.12. The summed E-state index contributed by atoms with van der Waals surface area (Å²) in [7, 11) is 0. The van der Waals surface area contributed by atoms with E-state index >= 15 is 0 Å². The Hall–Kier alpha value is -2.28. The third-order valence-corrected chi connectivity index (χ3v) is 3.43. The van der Waals surface area contributed by atoms with Crippen LogP contribution in [-0.4, -0.2) is 45.2 Å². The Kier molecular flexibility index (Phi) is 4.20. The normalized spacial score (nSPS) is 18.4. The van der Waals surface area contributed by atoms with E-state index in [0.717, 1.165) is 31.5 Å². The molecule has 0 aliphatic carbocycles. The molecular weight excluding hydrogens is 268 g/mol. The number of rotatable bonds is 4. The molecule has 3 rings (SSSR count). The number of benzene rings is 1. The van der Waals surface area contributed by atoms with Crippen molar-refractivity contribution in [3.8, 4) is 11.4 Å². The van der Waals surface area contributed by atoms with Crippen LogP contribution in [0.15, 0.2) is 30.3 Å². The molecule has 1 unspecified atom stereocenters. The first-order valence-electron chi connectivity index (χ1n) is 7.14. The van der Waals surface area contributed by atoms with E-state index in [0.29, 0.717) is 5.82 Å². The topological polar surface area (TPSA) is 84.7 Å². The van der Waals surface area contributed by atoms with Crippen molar-refractivity contribution in [1.29, 1.82) is 0 Å². The maximum absolute atomic E-state index is 12.0. The zero-order valence-electron chi connectivity index (χ0n) is 11.7. The van der Waals surface area contributed by atoms with Gasteiger partial charge in [0.1, 0.15) is 6.54 Å². The molecule has 1 fully saturated rings. The van der Waals surface area contributed by atoms with Gasteiger partial charge < -0.3 is 10.6 Å². The highest BCUT2D eigenvalue weighted by molar-refractivity contribution is 5.75. The Balaban J connectivity index is 1.58. The van der Waals surface area contributed by atoms with Crippen LogP contribution in [0.5, 0.6) is 0 Å². The quantitative estimate of drug-likeness (QED) is 0.839.